The standard InChI is InChI=1S/C22H28N2O2/c1-23(21(25)19-13-7-5-8-14-19)17-11-3-4-12-18-24(2)22(26)20-15-9-6-10-16-20/h5-10,13-16H,3-4,11-12,17-18H2,1-2H3. The van der Waals surface area contributed by atoms with Gasteiger partial charge in [0.2, 0.25) is 0 Å². The summed E-state index contributed by atoms with van der Waals surface area (Å²) in [5.41, 5.74) is 1.46. The second-order valence-electron chi connectivity index (χ2n) is 6.60. The van der Waals surface area contributed by atoms with Gasteiger partial charge >= 0.3 is 0 Å². The fourth-order valence-electron chi connectivity index (χ4n) is 2.86. The van der Waals surface area contributed by atoms with E-state index >= 15 is 0 Å². The number of nitrogens with zero attached hydrogens (tertiary/aromatic N) is 2. The molecule has 0 saturated heterocycles. The Bertz CT molecular complexity index is 624. The van der Waals surface area contributed by atoms with Crippen LogP contribution in [0.4, 0.5) is 0 Å². The summed E-state index contributed by atoms with van der Waals surface area (Å²) in [4.78, 5) is 28.0. The van der Waals surface area contributed by atoms with E-state index in [0.29, 0.717) is 0 Å². The summed E-state index contributed by atoms with van der Waals surface area (Å²) >= 11 is 0. The highest BCUT2D eigenvalue weighted by Gasteiger charge is 2.11. The number of carbonyl (C=O) groups is 2. The number of amides is 2. The molecule has 2 aromatic rings. The highest BCUT2D eigenvalue weighted by molar-refractivity contribution is 5.94. The van der Waals surface area contributed by atoms with Gasteiger partial charge in [0.25, 0.3) is 11.8 Å². The molecule has 0 N–H and O–H groups in total. The van der Waals surface area contributed by atoms with Gasteiger partial charge in [0, 0.05) is 38.3 Å². The minimum atomic E-state index is 0.0683. The zero-order chi connectivity index (χ0) is 18.8. The maximum atomic E-state index is 12.2. The van der Waals surface area contributed by atoms with Crippen LogP contribution in [0, 0.1) is 0 Å². The SMILES string of the molecule is CN(CCCCCCN(C)C(=O)c1ccccc1)C(=O)c1ccccc1. The van der Waals surface area contributed by atoms with Crippen LogP contribution < -0.4 is 0 Å². The lowest BCUT2D eigenvalue weighted by Crippen LogP contribution is -2.28. The second kappa shape index (κ2) is 10.4. The van der Waals surface area contributed by atoms with E-state index in [4.69, 9.17) is 0 Å². The van der Waals surface area contributed by atoms with Crippen molar-refractivity contribution >= 4 is 11.8 Å². The Morgan fingerprint density at radius 1 is 0.615 bits per heavy atom. The van der Waals surface area contributed by atoms with Crippen molar-refractivity contribution in [3.8, 4) is 0 Å². The Morgan fingerprint density at radius 3 is 1.31 bits per heavy atom. The molecule has 26 heavy (non-hydrogen) atoms. The quantitative estimate of drug-likeness (QED) is 0.638. The summed E-state index contributed by atoms with van der Waals surface area (Å²) in [5.74, 6) is 0.137. The number of unbranched alkanes of at least 4 members (excludes halogenated alkanes) is 3. The first-order valence-electron chi connectivity index (χ1n) is 9.20. The van der Waals surface area contributed by atoms with Gasteiger partial charge in [0.05, 0.1) is 0 Å². The Balaban J connectivity index is 1.60. The summed E-state index contributed by atoms with van der Waals surface area (Å²) < 4.78 is 0. The molecule has 0 radical (unpaired) electrons. The van der Waals surface area contributed by atoms with E-state index in [1.807, 2.05) is 74.8 Å². The van der Waals surface area contributed by atoms with Crippen molar-refractivity contribution in [3.05, 3.63) is 71.8 Å². The Hall–Kier alpha value is -2.62. The van der Waals surface area contributed by atoms with Gasteiger partial charge in [-0.25, -0.2) is 0 Å². The number of hydrogen-bond donors (Lipinski definition) is 0. The minimum Gasteiger partial charge on any atom is -0.342 e. The molecule has 0 bridgehead atoms. The number of benzene rings is 2. The fourth-order valence-corrected chi connectivity index (χ4v) is 2.86. The van der Waals surface area contributed by atoms with Crippen LogP contribution in [0.1, 0.15) is 46.4 Å². The van der Waals surface area contributed by atoms with Gasteiger partial charge in [-0.05, 0) is 37.1 Å². The molecule has 0 atom stereocenters. The van der Waals surface area contributed by atoms with Crippen molar-refractivity contribution in [2.75, 3.05) is 27.2 Å². The smallest absolute Gasteiger partial charge is 0.253 e. The molecule has 4 nitrogen and oxygen atoms in total. The van der Waals surface area contributed by atoms with Crippen molar-refractivity contribution in [1.29, 1.82) is 0 Å². The van der Waals surface area contributed by atoms with Gasteiger partial charge in [-0.15, -0.1) is 0 Å². The molecule has 0 unspecified atom stereocenters. The molecule has 0 spiro atoms. The van der Waals surface area contributed by atoms with E-state index in [1.165, 1.54) is 0 Å². The first-order valence-corrected chi connectivity index (χ1v) is 9.20. The zero-order valence-electron chi connectivity index (χ0n) is 15.7. The van der Waals surface area contributed by atoms with Gasteiger partial charge in [-0.2, -0.15) is 0 Å². The van der Waals surface area contributed by atoms with Gasteiger partial charge in [0.15, 0.2) is 0 Å². The van der Waals surface area contributed by atoms with Crippen LogP contribution in [0.25, 0.3) is 0 Å². The predicted octanol–water partition coefficient (Wildman–Crippen LogP) is 4.09. The third kappa shape index (κ3) is 6.03. The van der Waals surface area contributed by atoms with Gasteiger partial charge in [-0.1, -0.05) is 49.2 Å². The molecule has 0 aromatic heterocycles. The molecule has 138 valence electrons. The Kier molecular flexibility index (Phi) is 7.87. The summed E-state index contributed by atoms with van der Waals surface area (Å²) in [6.07, 6.45) is 4.07. The highest BCUT2D eigenvalue weighted by atomic mass is 16.2. The van der Waals surface area contributed by atoms with Gasteiger partial charge in [-0.3, -0.25) is 9.59 Å². The predicted molar refractivity (Wildman–Crippen MR) is 105 cm³/mol. The first kappa shape index (κ1) is 19.7. The largest absolute Gasteiger partial charge is 0.342 e. The number of rotatable bonds is 9. The molecule has 0 aliphatic rings. The van der Waals surface area contributed by atoms with Crippen molar-refractivity contribution in [1.82, 2.24) is 9.80 Å². The molecule has 0 aliphatic heterocycles. The molecular formula is C22H28N2O2. The zero-order valence-corrected chi connectivity index (χ0v) is 15.7. The molecule has 4 heteroatoms. The fraction of sp³-hybridized carbons (Fsp3) is 0.364. The summed E-state index contributed by atoms with van der Waals surface area (Å²) in [6, 6.07) is 18.7. The maximum Gasteiger partial charge on any atom is 0.253 e. The van der Waals surface area contributed by atoms with E-state index in [0.717, 1.165) is 49.9 Å². The van der Waals surface area contributed by atoms with E-state index < -0.39 is 0 Å². The van der Waals surface area contributed by atoms with E-state index in [1.54, 1.807) is 9.80 Å². The number of carbonyl (C=O) groups excluding carboxylic acids is 2. The van der Waals surface area contributed by atoms with Crippen molar-refractivity contribution in [2.45, 2.75) is 25.7 Å². The van der Waals surface area contributed by atoms with Crippen molar-refractivity contribution < 1.29 is 9.59 Å². The van der Waals surface area contributed by atoms with Crippen LogP contribution in [0.5, 0.6) is 0 Å². The lowest BCUT2D eigenvalue weighted by molar-refractivity contribution is 0.0780. The minimum absolute atomic E-state index is 0.0683. The summed E-state index contributed by atoms with van der Waals surface area (Å²) in [6.45, 7) is 1.51. The Morgan fingerprint density at radius 2 is 0.962 bits per heavy atom. The average molecular weight is 352 g/mol. The normalized spacial score (nSPS) is 10.4. The second-order valence-corrected chi connectivity index (χ2v) is 6.60. The lowest BCUT2D eigenvalue weighted by Gasteiger charge is -2.18. The molecule has 0 saturated carbocycles. The highest BCUT2D eigenvalue weighted by Crippen LogP contribution is 2.08. The topological polar surface area (TPSA) is 40.6 Å². The summed E-state index contributed by atoms with van der Waals surface area (Å²) in [5, 5.41) is 0. The molecule has 2 rings (SSSR count). The van der Waals surface area contributed by atoms with Crippen LogP contribution in [0.15, 0.2) is 60.7 Å². The third-order valence-corrected chi connectivity index (χ3v) is 4.47. The first-order chi connectivity index (χ1) is 12.6. The molecule has 0 aliphatic carbocycles. The molecular weight excluding hydrogens is 324 g/mol. The van der Waals surface area contributed by atoms with Crippen LogP contribution in [-0.2, 0) is 0 Å². The molecule has 2 aromatic carbocycles. The van der Waals surface area contributed by atoms with Crippen LogP contribution in [0.2, 0.25) is 0 Å². The lowest BCUT2D eigenvalue weighted by atomic mass is 10.1. The van der Waals surface area contributed by atoms with E-state index in [9.17, 15) is 9.59 Å². The van der Waals surface area contributed by atoms with Crippen LogP contribution in [0.3, 0.4) is 0 Å². The summed E-state index contributed by atoms with van der Waals surface area (Å²) in [7, 11) is 3.70. The van der Waals surface area contributed by atoms with Gasteiger partial charge in [0.1, 0.15) is 0 Å². The van der Waals surface area contributed by atoms with Crippen LogP contribution in [-0.4, -0.2) is 48.8 Å². The molecule has 2 amide bonds. The molecule has 0 fully saturated rings. The monoisotopic (exact) mass is 352 g/mol. The molecule has 0 heterocycles. The third-order valence-electron chi connectivity index (χ3n) is 4.47. The average Bonchev–Trinajstić information content (AvgIpc) is 2.70. The van der Waals surface area contributed by atoms with Crippen molar-refractivity contribution in [3.63, 3.8) is 0 Å². The maximum absolute atomic E-state index is 12.2. The van der Waals surface area contributed by atoms with E-state index in [-0.39, 0.29) is 11.8 Å². The van der Waals surface area contributed by atoms with E-state index in [2.05, 4.69) is 0 Å². The number of hydrogen-bond acceptors (Lipinski definition) is 2. The van der Waals surface area contributed by atoms with Crippen LogP contribution >= 0.6 is 0 Å². The van der Waals surface area contributed by atoms with Gasteiger partial charge < -0.3 is 9.80 Å². The Labute approximate surface area is 156 Å². The van der Waals surface area contributed by atoms with Crippen molar-refractivity contribution in [2.24, 2.45) is 0 Å².